The van der Waals surface area contributed by atoms with Gasteiger partial charge in [-0.1, -0.05) is 79.7 Å². The number of piperidine rings is 1. The number of pyridine rings is 1. The van der Waals surface area contributed by atoms with E-state index in [1.54, 1.807) is 6.07 Å². The van der Waals surface area contributed by atoms with E-state index >= 15 is 4.39 Å². The monoisotopic (exact) mass is 565 g/mol. The first-order valence-corrected chi connectivity index (χ1v) is 15.5. The Kier molecular flexibility index (Phi) is 8.92. The molecule has 5 nitrogen and oxygen atoms in total. The molecule has 0 aliphatic carbocycles. The van der Waals surface area contributed by atoms with Crippen LogP contribution >= 0.6 is 0 Å². The summed E-state index contributed by atoms with van der Waals surface area (Å²) in [4.78, 5) is 21.9. The molecule has 1 unspecified atom stereocenters. The lowest BCUT2D eigenvalue weighted by atomic mass is 9.84. The van der Waals surface area contributed by atoms with Gasteiger partial charge in [0.2, 0.25) is 0 Å². The second-order valence-corrected chi connectivity index (χ2v) is 11.7. The first kappa shape index (κ1) is 28.5. The van der Waals surface area contributed by atoms with Gasteiger partial charge < -0.3 is 15.0 Å². The molecule has 4 aromatic rings. The third-order valence-corrected chi connectivity index (χ3v) is 9.11. The molecule has 2 aliphatic rings. The van der Waals surface area contributed by atoms with Crippen LogP contribution in [0, 0.1) is 11.7 Å². The molecule has 1 N–H and O–H groups in total. The quantitative estimate of drug-likeness (QED) is 0.243. The van der Waals surface area contributed by atoms with E-state index in [9.17, 15) is 4.79 Å². The van der Waals surface area contributed by atoms with Crippen LogP contribution in [-0.2, 0) is 11.2 Å². The Morgan fingerprint density at radius 1 is 0.952 bits per heavy atom. The molecule has 0 radical (unpaired) electrons. The maximum Gasteiger partial charge on any atom is 0.252 e. The summed E-state index contributed by atoms with van der Waals surface area (Å²) in [6.45, 7) is 5.89. The Balaban J connectivity index is 1.39. The fraction of sp³-hybridized carbons (Fsp3) is 0.389. The van der Waals surface area contributed by atoms with Crippen LogP contribution in [0.3, 0.4) is 0 Å². The van der Waals surface area contributed by atoms with Crippen LogP contribution in [0.4, 0.5) is 4.39 Å². The molecule has 6 rings (SSSR count). The van der Waals surface area contributed by atoms with E-state index in [4.69, 9.17) is 9.72 Å². The van der Waals surface area contributed by atoms with Gasteiger partial charge in [0.1, 0.15) is 11.3 Å². The number of nitrogens with zero attached hydrogens (tertiary/aromatic N) is 2. The minimum Gasteiger partial charge on any atom is -0.381 e. The number of amides is 1. The van der Waals surface area contributed by atoms with Crippen LogP contribution in [-0.4, -0.2) is 48.1 Å². The molecule has 0 spiro atoms. The Hall–Kier alpha value is -3.61. The summed E-state index contributed by atoms with van der Waals surface area (Å²) >= 11 is 0. The molecule has 3 heterocycles. The summed E-state index contributed by atoms with van der Waals surface area (Å²) in [5, 5.41) is 3.88. The van der Waals surface area contributed by atoms with E-state index in [2.05, 4.69) is 17.1 Å². The molecule has 2 saturated heterocycles. The Morgan fingerprint density at radius 3 is 2.33 bits per heavy atom. The maximum atomic E-state index is 15.3. The Bertz CT molecular complexity index is 1500. The lowest BCUT2D eigenvalue weighted by Crippen LogP contribution is -2.44. The van der Waals surface area contributed by atoms with Gasteiger partial charge in [0.05, 0.1) is 17.3 Å². The van der Waals surface area contributed by atoms with E-state index < -0.39 is 5.82 Å². The van der Waals surface area contributed by atoms with Gasteiger partial charge in [-0.05, 0) is 74.7 Å². The molecule has 1 aromatic heterocycles. The van der Waals surface area contributed by atoms with Crippen LogP contribution in [0.25, 0.3) is 22.2 Å². The van der Waals surface area contributed by atoms with Gasteiger partial charge in [-0.2, -0.15) is 0 Å². The molecular weight excluding hydrogens is 525 g/mol. The topological polar surface area (TPSA) is 54.5 Å². The fourth-order valence-electron chi connectivity index (χ4n) is 6.78. The van der Waals surface area contributed by atoms with Crippen molar-refractivity contribution in [1.29, 1.82) is 0 Å². The number of rotatable bonds is 8. The zero-order valence-corrected chi connectivity index (χ0v) is 24.4. The van der Waals surface area contributed by atoms with Gasteiger partial charge in [-0.3, -0.25) is 4.79 Å². The minimum atomic E-state index is -0.412. The lowest BCUT2D eigenvalue weighted by Gasteiger charge is -2.39. The molecule has 2 fully saturated rings. The Morgan fingerprint density at radius 2 is 1.64 bits per heavy atom. The summed E-state index contributed by atoms with van der Waals surface area (Å²) < 4.78 is 20.9. The van der Waals surface area contributed by atoms with Crippen LogP contribution in [0.5, 0.6) is 0 Å². The van der Waals surface area contributed by atoms with Crippen molar-refractivity contribution in [2.24, 2.45) is 5.92 Å². The number of benzene rings is 3. The van der Waals surface area contributed by atoms with Gasteiger partial charge in [0.25, 0.3) is 5.91 Å². The van der Waals surface area contributed by atoms with Crippen LogP contribution in [0.1, 0.15) is 66.6 Å². The standard InChI is InChI=1S/C36H40FN3O2/c1-2-32(26-10-5-3-6-11-26)38-36(41)33-29-14-9-15-31(37)35(29)39-34(27-12-7-4-8-13-27)30(33)24-25-16-20-40(21-17-25)28-18-22-42-23-19-28/h3-15,25,28,32H,2,16-24H2,1H3,(H,38,41). The predicted molar refractivity (Wildman–Crippen MR) is 166 cm³/mol. The van der Waals surface area contributed by atoms with Crippen LogP contribution < -0.4 is 5.32 Å². The molecular formula is C36H40FN3O2. The molecule has 3 aromatic carbocycles. The SMILES string of the molecule is CCC(NC(=O)c1c(CC2CCN(C3CCOCC3)CC2)c(-c2ccccc2)nc2c(F)cccc12)c1ccccc1. The van der Waals surface area contributed by atoms with Crippen molar-refractivity contribution in [3.8, 4) is 11.3 Å². The van der Waals surface area contributed by atoms with E-state index in [0.29, 0.717) is 28.6 Å². The van der Waals surface area contributed by atoms with Crippen molar-refractivity contribution in [3.05, 3.63) is 101 Å². The highest BCUT2D eigenvalue weighted by atomic mass is 19.1. The average Bonchev–Trinajstić information content (AvgIpc) is 3.05. The molecule has 2 aliphatic heterocycles. The number of halogens is 1. The summed E-state index contributed by atoms with van der Waals surface area (Å²) in [7, 11) is 0. The van der Waals surface area contributed by atoms with Crippen molar-refractivity contribution in [2.45, 2.75) is 57.5 Å². The number of aromatic nitrogens is 1. The summed E-state index contributed by atoms with van der Waals surface area (Å²) in [6, 6.07) is 25.4. The summed E-state index contributed by atoms with van der Waals surface area (Å²) in [5.74, 6) is -0.167. The third-order valence-electron chi connectivity index (χ3n) is 9.11. The molecule has 6 heteroatoms. The molecule has 0 bridgehead atoms. The Labute approximate surface area is 248 Å². The molecule has 218 valence electrons. The second-order valence-electron chi connectivity index (χ2n) is 11.7. The number of para-hydroxylation sites is 1. The molecule has 0 saturated carbocycles. The highest BCUT2D eigenvalue weighted by molar-refractivity contribution is 6.09. The average molecular weight is 566 g/mol. The number of ether oxygens (including phenoxy) is 1. The normalized spacial score (nSPS) is 17.8. The number of carbonyl (C=O) groups excluding carboxylic acids is 1. The van der Waals surface area contributed by atoms with Gasteiger partial charge in [-0.25, -0.2) is 9.37 Å². The van der Waals surface area contributed by atoms with E-state index in [0.717, 1.165) is 81.5 Å². The summed E-state index contributed by atoms with van der Waals surface area (Å²) in [6.07, 6.45) is 5.82. The van der Waals surface area contributed by atoms with Crippen molar-refractivity contribution in [1.82, 2.24) is 15.2 Å². The van der Waals surface area contributed by atoms with E-state index in [1.165, 1.54) is 6.07 Å². The maximum absolute atomic E-state index is 15.3. The number of hydrogen-bond acceptors (Lipinski definition) is 4. The van der Waals surface area contributed by atoms with Crippen LogP contribution in [0.2, 0.25) is 0 Å². The zero-order valence-electron chi connectivity index (χ0n) is 24.4. The van der Waals surface area contributed by atoms with Gasteiger partial charge in [0, 0.05) is 30.2 Å². The van der Waals surface area contributed by atoms with Gasteiger partial charge in [-0.15, -0.1) is 0 Å². The number of hydrogen-bond donors (Lipinski definition) is 1. The largest absolute Gasteiger partial charge is 0.381 e. The smallest absolute Gasteiger partial charge is 0.252 e. The number of likely N-dealkylation sites (tertiary alicyclic amines) is 1. The van der Waals surface area contributed by atoms with Crippen molar-refractivity contribution in [3.63, 3.8) is 0 Å². The number of carbonyl (C=O) groups is 1. The van der Waals surface area contributed by atoms with Crippen LogP contribution in [0.15, 0.2) is 78.9 Å². The highest BCUT2D eigenvalue weighted by Gasteiger charge is 2.30. The molecule has 1 atom stereocenters. The number of nitrogens with one attached hydrogen (secondary N) is 1. The molecule has 1 amide bonds. The second kappa shape index (κ2) is 13.1. The fourth-order valence-corrected chi connectivity index (χ4v) is 6.78. The van der Waals surface area contributed by atoms with Crippen molar-refractivity contribution in [2.75, 3.05) is 26.3 Å². The predicted octanol–water partition coefficient (Wildman–Crippen LogP) is 7.36. The van der Waals surface area contributed by atoms with Crippen molar-refractivity contribution >= 4 is 16.8 Å². The van der Waals surface area contributed by atoms with E-state index in [-0.39, 0.29) is 17.5 Å². The van der Waals surface area contributed by atoms with Crippen molar-refractivity contribution < 1.29 is 13.9 Å². The third kappa shape index (κ3) is 6.11. The lowest BCUT2D eigenvalue weighted by molar-refractivity contribution is 0.0211. The summed E-state index contributed by atoms with van der Waals surface area (Å²) in [5.41, 5.74) is 4.39. The van der Waals surface area contributed by atoms with Gasteiger partial charge >= 0.3 is 0 Å². The first-order chi connectivity index (χ1) is 20.6. The number of fused-ring (bicyclic) bond motifs is 1. The first-order valence-electron chi connectivity index (χ1n) is 15.5. The minimum absolute atomic E-state index is 0.147. The van der Waals surface area contributed by atoms with Gasteiger partial charge in [0.15, 0.2) is 0 Å². The zero-order chi connectivity index (χ0) is 28.9. The highest BCUT2D eigenvalue weighted by Crippen LogP contribution is 2.36. The molecule has 42 heavy (non-hydrogen) atoms. The van der Waals surface area contributed by atoms with E-state index in [1.807, 2.05) is 66.7 Å².